The molecule has 0 fully saturated rings. The maximum Gasteiger partial charge on any atom is 0.284 e. The minimum absolute atomic E-state index is 0.0968. The Hall–Kier alpha value is -1.11. The Morgan fingerprint density at radius 3 is 3.15 bits per heavy atom. The summed E-state index contributed by atoms with van der Waals surface area (Å²) >= 11 is 1.69. The highest BCUT2D eigenvalue weighted by Gasteiger charge is 1.99. The van der Waals surface area contributed by atoms with E-state index in [-0.39, 0.29) is 3.91 Å². The third kappa shape index (κ3) is 1.80. The van der Waals surface area contributed by atoms with Crippen molar-refractivity contribution >= 4 is 43.1 Å². The number of carbonyl (C=O) groups is 1. The molecule has 1 aromatic heterocycles. The van der Waals surface area contributed by atoms with Crippen molar-refractivity contribution in [3.05, 3.63) is 24.4 Å². The van der Waals surface area contributed by atoms with Crippen LogP contribution >= 0.6 is 22.6 Å². The summed E-state index contributed by atoms with van der Waals surface area (Å²) in [6.45, 7) is 0. The topological polar surface area (TPSA) is 57.8 Å². The van der Waals surface area contributed by atoms with Crippen LogP contribution in [0.2, 0.25) is 0 Å². The minimum Gasteiger partial charge on any atom is -0.317 e. The van der Waals surface area contributed by atoms with Crippen LogP contribution in [0.1, 0.15) is 0 Å². The molecular formula is C8H6IN3O. The second-order valence-corrected chi connectivity index (χ2v) is 3.55. The van der Waals surface area contributed by atoms with Gasteiger partial charge >= 0.3 is 0 Å². The zero-order chi connectivity index (χ0) is 9.26. The Labute approximate surface area is 87.8 Å². The predicted molar refractivity (Wildman–Crippen MR) is 59.1 cm³/mol. The van der Waals surface area contributed by atoms with Gasteiger partial charge in [-0.05, 0) is 18.2 Å². The summed E-state index contributed by atoms with van der Waals surface area (Å²) in [5, 5.41) is 10.4. The van der Waals surface area contributed by atoms with E-state index in [0.29, 0.717) is 0 Å². The zero-order valence-electron chi connectivity index (χ0n) is 6.54. The van der Waals surface area contributed by atoms with Crippen molar-refractivity contribution in [3.63, 3.8) is 0 Å². The van der Waals surface area contributed by atoms with Crippen molar-refractivity contribution in [2.75, 3.05) is 5.32 Å². The molecule has 2 rings (SSSR count). The number of rotatable bonds is 1. The van der Waals surface area contributed by atoms with Gasteiger partial charge in [0.1, 0.15) is 0 Å². The van der Waals surface area contributed by atoms with Crippen LogP contribution in [-0.2, 0) is 0 Å². The summed E-state index contributed by atoms with van der Waals surface area (Å²) in [6, 6.07) is 5.58. The van der Waals surface area contributed by atoms with Gasteiger partial charge in [-0.15, -0.1) is 0 Å². The molecule has 1 amide bonds. The number of aromatic nitrogens is 2. The van der Waals surface area contributed by atoms with Gasteiger partial charge in [-0.3, -0.25) is 9.89 Å². The number of aromatic amines is 1. The molecule has 0 aliphatic rings. The number of amides is 1. The SMILES string of the molecule is O=C(I)Nc1ccc2[nH]ncc2c1. The van der Waals surface area contributed by atoms with Gasteiger partial charge < -0.3 is 5.32 Å². The summed E-state index contributed by atoms with van der Waals surface area (Å²) < 4.78 is -0.0968. The summed E-state index contributed by atoms with van der Waals surface area (Å²) in [6.07, 6.45) is 1.72. The van der Waals surface area contributed by atoms with Crippen LogP contribution in [-0.4, -0.2) is 14.1 Å². The van der Waals surface area contributed by atoms with Crippen LogP contribution in [0.3, 0.4) is 0 Å². The Morgan fingerprint density at radius 2 is 2.38 bits per heavy atom. The van der Waals surface area contributed by atoms with Gasteiger partial charge in [0.25, 0.3) is 3.91 Å². The molecule has 0 spiro atoms. The average Bonchev–Trinajstić information content (AvgIpc) is 2.49. The fraction of sp³-hybridized carbons (Fsp3) is 0. The van der Waals surface area contributed by atoms with Gasteiger partial charge in [-0.25, -0.2) is 0 Å². The lowest BCUT2D eigenvalue weighted by Gasteiger charge is -1.99. The van der Waals surface area contributed by atoms with Crippen LogP contribution in [0.4, 0.5) is 10.5 Å². The Bertz CT molecular complexity index is 451. The smallest absolute Gasteiger partial charge is 0.284 e. The van der Waals surface area contributed by atoms with Gasteiger partial charge in [0.2, 0.25) is 0 Å². The largest absolute Gasteiger partial charge is 0.317 e. The van der Waals surface area contributed by atoms with Crippen molar-refractivity contribution in [3.8, 4) is 0 Å². The molecule has 0 saturated carbocycles. The molecule has 5 heteroatoms. The van der Waals surface area contributed by atoms with Crippen molar-refractivity contribution in [1.82, 2.24) is 10.2 Å². The highest BCUT2D eigenvalue weighted by Crippen LogP contribution is 2.17. The lowest BCUT2D eigenvalue weighted by Crippen LogP contribution is -1.99. The first-order chi connectivity index (χ1) is 6.25. The molecule has 0 bridgehead atoms. The normalized spacial score (nSPS) is 10.2. The van der Waals surface area contributed by atoms with Gasteiger partial charge in [-0.1, -0.05) is 0 Å². The van der Waals surface area contributed by atoms with Crippen LogP contribution in [0.25, 0.3) is 10.9 Å². The molecule has 0 aliphatic heterocycles. The molecule has 0 unspecified atom stereocenters. The first kappa shape index (κ1) is 8.49. The predicted octanol–water partition coefficient (Wildman–Crippen LogP) is 2.53. The van der Waals surface area contributed by atoms with Crippen LogP contribution < -0.4 is 5.32 Å². The zero-order valence-corrected chi connectivity index (χ0v) is 8.70. The number of nitrogens with one attached hydrogen (secondary N) is 2. The molecule has 2 aromatic rings. The molecule has 66 valence electrons. The number of carbonyl (C=O) groups excluding carboxylic acids is 1. The third-order valence-corrected chi connectivity index (χ3v) is 1.95. The number of hydrogen-bond donors (Lipinski definition) is 2. The summed E-state index contributed by atoms with van der Waals surface area (Å²) in [5.74, 6) is 0. The van der Waals surface area contributed by atoms with E-state index in [1.165, 1.54) is 0 Å². The second kappa shape index (κ2) is 3.33. The van der Waals surface area contributed by atoms with Gasteiger partial charge in [-0.2, -0.15) is 5.10 Å². The van der Waals surface area contributed by atoms with Gasteiger partial charge in [0.05, 0.1) is 11.7 Å². The third-order valence-electron chi connectivity index (χ3n) is 1.68. The number of nitrogens with zero attached hydrogens (tertiary/aromatic N) is 1. The number of H-pyrrole nitrogens is 1. The number of benzene rings is 1. The first-order valence-electron chi connectivity index (χ1n) is 3.65. The van der Waals surface area contributed by atoms with Crippen LogP contribution in [0, 0.1) is 0 Å². The summed E-state index contributed by atoms with van der Waals surface area (Å²) in [7, 11) is 0. The van der Waals surface area contributed by atoms with Crippen LogP contribution in [0.5, 0.6) is 0 Å². The summed E-state index contributed by atoms with van der Waals surface area (Å²) in [5.41, 5.74) is 1.75. The lowest BCUT2D eigenvalue weighted by molar-refractivity contribution is 0.272. The number of hydrogen-bond acceptors (Lipinski definition) is 2. The Balaban J connectivity index is 2.42. The van der Waals surface area contributed by atoms with Crippen molar-refractivity contribution in [2.45, 2.75) is 0 Å². The Kier molecular flexibility index (Phi) is 2.17. The van der Waals surface area contributed by atoms with E-state index in [9.17, 15) is 4.79 Å². The second-order valence-electron chi connectivity index (χ2n) is 2.57. The molecular weight excluding hydrogens is 281 g/mol. The fourth-order valence-corrected chi connectivity index (χ4v) is 1.45. The maximum atomic E-state index is 10.7. The lowest BCUT2D eigenvalue weighted by atomic mass is 10.2. The number of anilines is 1. The molecule has 0 radical (unpaired) electrons. The van der Waals surface area contributed by atoms with Gasteiger partial charge in [0, 0.05) is 33.7 Å². The molecule has 13 heavy (non-hydrogen) atoms. The monoisotopic (exact) mass is 287 g/mol. The summed E-state index contributed by atoms with van der Waals surface area (Å²) in [4.78, 5) is 10.7. The number of halogens is 1. The van der Waals surface area contributed by atoms with E-state index >= 15 is 0 Å². The maximum absolute atomic E-state index is 10.7. The molecule has 0 aliphatic carbocycles. The van der Waals surface area contributed by atoms with E-state index in [4.69, 9.17) is 0 Å². The molecule has 2 N–H and O–H groups in total. The number of fused-ring (bicyclic) bond motifs is 1. The van der Waals surface area contributed by atoms with Gasteiger partial charge in [0.15, 0.2) is 0 Å². The standard InChI is InChI=1S/C8H6IN3O/c9-8(13)11-6-1-2-7-5(3-6)4-10-12-7/h1-4H,(H,10,12)(H,11,13). The quantitative estimate of drug-likeness (QED) is 0.481. The Morgan fingerprint density at radius 1 is 1.54 bits per heavy atom. The molecule has 1 aromatic carbocycles. The molecule has 0 saturated heterocycles. The van der Waals surface area contributed by atoms with E-state index < -0.39 is 0 Å². The van der Waals surface area contributed by atoms with Crippen molar-refractivity contribution < 1.29 is 4.79 Å². The van der Waals surface area contributed by atoms with Crippen LogP contribution in [0.15, 0.2) is 24.4 Å². The first-order valence-corrected chi connectivity index (χ1v) is 4.73. The van der Waals surface area contributed by atoms with E-state index in [2.05, 4.69) is 15.5 Å². The van der Waals surface area contributed by atoms with Crippen molar-refractivity contribution in [2.24, 2.45) is 0 Å². The highest BCUT2D eigenvalue weighted by molar-refractivity contribution is 14.1. The van der Waals surface area contributed by atoms with E-state index in [1.807, 2.05) is 18.2 Å². The fourth-order valence-electron chi connectivity index (χ4n) is 1.13. The minimum atomic E-state index is -0.0968. The molecule has 1 heterocycles. The molecule has 0 atom stereocenters. The highest BCUT2D eigenvalue weighted by atomic mass is 127. The van der Waals surface area contributed by atoms with Crippen molar-refractivity contribution in [1.29, 1.82) is 0 Å². The van der Waals surface area contributed by atoms with E-state index in [1.54, 1.807) is 28.8 Å². The van der Waals surface area contributed by atoms with E-state index in [0.717, 1.165) is 16.6 Å². The molecule has 4 nitrogen and oxygen atoms in total. The average molecular weight is 287 g/mol.